The van der Waals surface area contributed by atoms with Crippen molar-refractivity contribution in [3.05, 3.63) is 33.4 Å². The monoisotopic (exact) mass is 256 g/mol. The zero-order valence-corrected chi connectivity index (χ0v) is 12.8. The number of hydrogen-bond acceptors (Lipinski definition) is 1. The molecule has 0 aromatic heterocycles. The lowest BCUT2D eigenvalue weighted by Crippen LogP contribution is -2.17. The van der Waals surface area contributed by atoms with Gasteiger partial charge in [-0.2, -0.15) is 0 Å². The molecule has 2 atom stereocenters. The number of benzene rings is 1. The molecule has 102 valence electrons. The Labute approximate surface area is 116 Å². The third-order valence-corrected chi connectivity index (χ3v) is 5.86. The summed E-state index contributed by atoms with van der Waals surface area (Å²) in [5, 5.41) is 0. The van der Waals surface area contributed by atoms with Crippen LogP contribution in [0.1, 0.15) is 57.4 Å². The van der Waals surface area contributed by atoms with Crippen molar-refractivity contribution in [3.8, 4) is 0 Å². The van der Waals surface area contributed by atoms with E-state index in [1.54, 1.807) is 0 Å². The minimum Gasteiger partial charge on any atom is -0.294 e. The molecule has 19 heavy (non-hydrogen) atoms. The van der Waals surface area contributed by atoms with Gasteiger partial charge in [0.25, 0.3) is 0 Å². The SMILES string of the molecule is Cc1c(C)c(C)c(C(=O)C2CC3CC3C2)c(C)c1C. The second-order valence-corrected chi connectivity index (χ2v) is 6.79. The molecule has 2 saturated carbocycles. The molecule has 3 rings (SSSR count). The van der Waals surface area contributed by atoms with Crippen molar-refractivity contribution in [1.29, 1.82) is 0 Å². The molecule has 0 heterocycles. The molecule has 0 N–H and O–H groups in total. The molecule has 1 nitrogen and oxygen atoms in total. The summed E-state index contributed by atoms with van der Waals surface area (Å²) >= 11 is 0. The fourth-order valence-corrected chi connectivity index (χ4v) is 4.00. The molecule has 0 aliphatic heterocycles. The first-order chi connectivity index (χ1) is 8.91. The molecule has 0 amide bonds. The van der Waals surface area contributed by atoms with Gasteiger partial charge in [-0.05, 0) is 93.5 Å². The Kier molecular flexibility index (Phi) is 2.85. The lowest BCUT2D eigenvalue weighted by atomic mass is 9.83. The van der Waals surface area contributed by atoms with Crippen LogP contribution < -0.4 is 0 Å². The summed E-state index contributed by atoms with van der Waals surface area (Å²) in [7, 11) is 0. The number of hydrogen-bond donors (Lipinski definition) is 0. The highest BCUT2D eigenvalue weighted by atomic mass is 16.1. The summed E-state index contributed by atoms with van der Waals surface area (Å²) in [6.07, 6.45) is 3.68. The van der Waals surface area contributed by atoms with E-state index in [0.717, 1.165) is 30.2 Å². The molecule has 1 aromatic carbocycles. The van der Waals surface area contributed by atoms with E-state index in [4.69, 9.17) is 0 Å². The van der Waals surface area contributed by atoms with Gasteiger partial charge in [-0.15, -0.1) is 0 Å². The third kappa shape index (κ3) is 1.86. The van der Waals surface area contributed by atoms with E-state index in [-0.39, 0.29) is 0 Å². The van der Waals surface area contributed by atoms with Crippen LogP contribution in [0.5, 0.6) is 0 Å². The largest absolute Gasteiger partial charge is 0.294 e. The topological polar surface area (TPSA) is 17.1 Å². The molecule has 0 saturated heterocycles. The third-order valence-electron chi connectivity index (χ3n) is 5.86. The van der Waals surface area contributed by atoms with Crippen LogP contribution in [0.15, 0.2) is 0 Å². The quantitative estimate of drug-likeness (QED) is 0.714. The maximum absolute atomic E-state index is 12.9. The van der Waals surface area contributed by atoms with E-state index in [1.165, 1.54) is 34.2 Å². The fraction of sp³-hybridized carbons (Fsp3) is 0.611. The lowest BCUT2D eigenvalue weighted by molar-refractivity contribution is 0.0913. The van der Waals surface area contributed by atoms with Gasteiger partial charge in [0.15, 0.2) is 5.78 Å². The van der Waals surface area contributed by atoms with Crippen molar-refractivity contribution >= 4 is 5.78 Å². The van der Waals surface area contributed by atoms with Gasteiger partial charge >= 0.3 is 0 Å². The first-order valence-electron chi connectivity index (χ1n) is 7.53. The molecule has 2 fully saturated rings. The Morgan fingerprint density at radius 2 is 1.16 bits per heavy atom. The summed E-state index contributed by atoms with van der Waals surface area (Å²) < 4.78 is 0. The van der Waals surface area contributed by atoms with Gasteiger partial charge in [-0.25, -0.2) is 0 Å². The molecule has 1 heteroatoms. The number of fused-ring (bicyclic) bond motifs is 1. The van der Waals surface area contributed by atoms with Gasteiger partial charge in [0, 0.05) is 11.5 Å². The van der Waals surface area contributed by atoms with E-state index >= 15 is 0 Å². The predicted octanol–water partition coefficient (Wildman–Crippen LogP) is 4.46. The van der Waals surface area contributed by atoms with Gasteiger partial charge in [-0.3, -0.25) is 4.79 Å². The van der Waals surface area contributed by atoms with Crippen LogP contribution in [-0.2, 0) is 0 Å². The van der Waals surface area contributed by atoms with Crippen LogP contribution >= 0.6 is 0 Å². The average molecular weight is 256 g/mol. The Morgan fingerprint density at radius 3 is 1.63 bits per heavy atom. The molecule has 1 aromatic rings. The van der Waals surface area contributed by atoms with Crippen LogP contribution in [0, 0.1) is 52.4 Å². The first kappa shape index (κ1) is 12.9. The van der Waals surface area contributed by atoms with Gasteiger partial charge in [0.1, 0.15) is 0 Å². The zero-order valence-electron chi connectivity index (χ0n) is 12.8. The zero-order chi connectivity index (χ0) is 13.9. The standard InChI is InChI=1S/C18H24O/c1-9-10(2)12(4)17(13(5)11(9)3)18(19)16-7-14-6-15(14)8-16/h14-16H,6-8H2,1-5H3. The van der Waals surface area contributed by atoms with Gasteiger partial charge in [0.05, 0.1) is 0 Å². The Hall–Kier alpha value is -1.11. The summed E-state index contributed by atoms with van der Waals surface area (Å²) in [6.45, 7) is 10.7. The number of carbonyl (C=O) groups excluding carboxylic acids is 1. The van der Waals surface area contributed by atoms with Gasteiger partial charge in [0.2, 0.25) is 0 Å². The molecular weight excluding hydrogens is 232 g/mol. The van der Waals surface area contributed by atoms with E-state index in [1.807, 2.05) is 0 Å². The summed E-state index contributed by atoms with van der Waals surface area (Å²) in [6, 6.07) is 0. The summed E-state index contributed by atoms with van der Waals surface area (Å²) in [5.41, 5.74) is 7.41. The van der Waals surface area contributed by atoms with E-state index in [2.05, 4.69) is 34.6 Å². The van der Waals surface area contributed by atoms with Crippen LogP contribution in [0.25, 0.3) is 0 Å². The summed E-state index contributed by atoms with van der Waals surface area (Å²) in [4.78, 5) is 12.9. The number of ketones is 1. The second-order valence-electron chi connectivity index (χ2n) is 6.79. The summed E-state index contributed by atoms with van der Waals surface area (Å²) in [5.74, 6) is 2.49. The molecule has 2 aliphatic carbocycles. The maximum Gasteiger partial charge on any atom is 0.166 e. The number of rotatable bonds is 2. The molecule has 0 spiro atoms. The Balaban J connectivity index is 2.02. The molecular formula is C18H24O. The van der Waals surface area contributed by atoms with Crippen molar-refractivity contribution in [1.82, 2.24) is 0 Å². The van der Waals surface area contributed by atoms with Gasteiger partial charge in [-0.1, -0.05) is 0 Å². The minimum absolute atomic E-state index is 0.308. The van der Waals surface area contributed by atoms with Crippen LogP contribution in [-0.4, -0.2) is 5.78 Å². The maximum atomic E-state index is 12.9. The van der Waals surface area contributed by atoms with Crippen molar-refractivity contribution in [2.75, 3.05) is 0 Å². The van der Waals surface area contributed by atoms with E-state index in [0.29, 0.717) is 11.7 Å². The lowest BCUT2D eigenvalue weighted by Gasteiger charge is -2.20. The normalized spacial score (nSPS) is 28.4. The molecule has 0 bridgehead atoms. The molecule has 2 aliphatic rings. The predicted molar refractivity (Wildman–Crippen MR) is 78.8 cm³/mol. The highest BCUT2D eigenvalue weighted by Crippen LogP contribution is 2.55. The molecule has 2 unspecified atom stereocenters. The minimum atomic E-state index is 0.308. The van der Waals surface area contributed by atoms with Crippen molar-refractivity contribution in [3.63, 3.8) is 0 Å². The first-order valence-corrected chi connectivity index (χ1v) is 7.53. The fourth-order valence-electron chi connectivity index (χ4n) is 4.00. The van der Waals surface area contributed by atoms with Crippen molar-refractivity contribution < 1.29 is 4.79 Å². The second kappa shape index (κ2) is 4.19. The van der Waals surface area contributed by atoms with Crippen LogP contribution in [0.4, 0.5) is 0 Å². The molecule has 0 radical (unpaired) electrons. The number of Topliss-reactive ketones (excluding diaryl/α,β-unsaturated/α-hetero) is 1. The number of carbonyl (C=O) groups is 1. The van der Waals surface area contributed by atoms with Crippen molar-refractivity contribution in [2.24, 2.45) is 17.8 Å². The highest BCUT2D eigenvalue weighted by Gasteiger charge is 2.48. The van der Waals surface area contributed by atoms with E-state index < -0.39 is 0 Å². The van der Waals surface area contributed by atoms with Crippen molar-refractivity contribution in [2.45, 2.75) is 53.9 Å². The van der Waals surface area contributed by atoms with E-state index in [9.17, 15) is 4.79 Å². The Bertz CT molecular complexity index is 529. The van der Waals surface area contributed by atoms with Crippen LogP contribution in [0.2, 0.25) is 0 Å². The van der Waals surface area contributed by atoms with Gasteiger partial charge < -0.3 is 0 Å². The smallest absolute Gasteiger partial charge is 0.166 e. The highest BCUT2D eigenvalue weighted by molar-refractivity contribution is 6.01. The average Bonchev–Trinajstić information content (AvgIpc) is 3.00. The van der Waals surface area contributed by atoms with Crippen LogP contribution in [0.3, 0.4) is 0 Å². The Morgan fingerprint density at radius 1 is 0.737 bits per heavy atom.